The van der Waals surface area contributed by atoms with E-state index < -0.39 is 0 Å². The number of hydrogen-bond donors (Lipinski definition) is 0. The summed E-state index contributed by atoms with van der Waals surface area (Å²) >= 11 is 0. The lowest BCUT2D eigenvalue weighted by atomic mass is 9.85. The maximum atomic E-state index is 8.38. The maximum absolute atomic E-state index is 8.38. The van der Waals surface area contributed by atoms with E-state index in [1.807, 2.05) is 6.07 Å². The van der Waals surface area contributed by atoms with Gasteiger partial charge in [-0.3, -0.25) is 0 Å². The highest BCUT2D eigenvalue weighted by molar-refractivity contribution is 4.77. The smallest absolute Gasteiger partial charge is 0.134 e. The highest BCUT2D eigenvalue weighted by Crippen LogP contribution is 2.28. The summed E-state index contributed by atoms with van der Waals surface area (Å²) in [6.45, 7) is 2.47. The van der Waals surface area contributed by atoms with Crippen LogP contribution in [0.2, 0.25) is 0 Å². The van der Waals surface area contributed by atoms with Crippen molar-refractivity contribution in [1.29, 1.82) is 5.26 Å². The van der Waals surface area contributed by atoms with Gasteiger partial charge in [0, 0.05) is 0 Å². The van der Waals surface area contributed by atoms with E-state index in [1.54, 1.807) is 0 Å². The number of nitriles is 1. The van der Waals surface area contributed by atoms with Gasteiger partial charge in [-0.15, -0.1) is 0 Å². The molecule has 0 amide bonds. The molecular formula is C10H17NO. The van der Waals surface area contributed by atoms with E-state index in [0.717, 1.165) is 6.42 Å². The first-order valence-electron chi connectivity index (χ1n) is 4.87. The van der Waals surface area contributed by atoms with Gasteiger partial charge >= 0.3 is 0 Å². The monoisotopic (exact) mass is 167 g/mol. The fourth-order valence-electron chi connectivity index (χ4n) is 2.00. The Kier molecular flexibility index (Phi) is 4.10. The number of ether oxygens (including phenoxy) is 1. The van der Waals surface area contributed by atoms with Gasteiger partial charge in [0.15, 0.2) is 0 Å². The van der Waals surface area contributed by atoms with Crippen LogP contribution in [0.4, 0.5) is 0 Å². The van der Waals surface area contributed by atoms with Gasteiger partial charge in [0.1, 0.15) is 6.61 Å². The van der Waals surface area contributed by atoms with Crippen molar-refractivity contribution in [2.24, 2.45) is 5.92 Å². The summed E-state index contributed by atoms with van der Waals surface area (Å²) in [6, 6.07) is 2.04. The Morgan fingerprint density at radius 2 is 2.17 bits per heavy atom. The van der Waals surface area contributed by atoms with Crippen molar-refractivity contribution in [2.45, 2.75) is 45.1 Å². The standard InChI is InChI=1S/C10H17NO/c1-2-9-5-3-4-6-10(9)12-8-7-11/h9-10H,2-6,8H2,1H3. The molecule has 68 valence electrons. The fraction of sp³-hybridized carbons (Fsp3) is 0.900. The molecule has 0 radical (unpaired) electrons. The zero-order valence-corrected chi connectivity index (χ0v) is 7.75. The first-order valence-corrected chi connectivity index (χ1v) is 4.87. The van der Waals surface area contributed by atoms with Gasteiger partial charge in [0.05, 0.1) is 12.2 Å². The van der Waals surface area contributed by atoms with Crippen LogP contribution in [0.1, 0.15) is 39.0 Å². The van der Waals surface area contributed by atoms with E-state index in [9.17, 15) is 0 Å². The Bertz CT molecular complexity index is 162. The minimum Gasteiger partial charge on any atom is -0.363 e. The summed E-state index contributed by atoms with van der Waals surface area (Å²) in [6.07, 6.45) is 6.60. The van der Waals surface area contributed by atoms with Crippen molar-refractivity contribution >= 4 is 0 Å². The molecule has 0 aromatic rings. The molecule has 2 unspecified atom stereocenters. The third kappa shape index (κ3) is 2.49. The minimum atomic E-state index is 0.265. The van der Waals surface area contributed by atoms with Gasteiger partial charge in [-0.05, 0) is 18.8 Å². The van der Waals surface area contributed by atoms with Crippen LogP contribution in [0.15, 0.2) is 0 Å². The summed E-state index contributed by atoms with van der Waals surface area (Å²) in [5.41, 5.74) is 0. The van der Waals surface area contributed by atoms with E-state index in [-0.39, 0.29) is 6.61 Å². The first kappa shape index (κ1) is 9.54. The second-order valence-corrected chi connectivity index (χ2v) is 3.46. The largest absolute Gasteiger partial charge is 0.363 e. The van der Waals surface area contributed by atoms with E-state index in [1.165, 1.54) is 25.7 Å². The van der Waals surface area contributed by atoms with Crippen molar-refractivity contribution in [1.82, 2.24) is 0 Å². The Balaban J connectivity index is 2.32. The lowest BCUT2D eigenvalue weighted by Crippen LogP contribution is -2.27. The summed E-state index contributed by atoms with van der Waals surface area (Å²) in [4.78, 5) is 0. The Morgan fingerprint density at radius 3 is 2.83 bits per heavy atom. The second-order valence-electron chi connectivity index (χ2n) is 3.46. The molecule has 1 saturated carbocycles. The van der Waals surface area contributed by atoms with Crippen LogP contribution >= 0.6 is 0 Å². The predicted octanol–water partition coefficient (Wildman–Crippen LogP) is 2.50. The Hall–Kier alpha value is -0.550. The van der Waals surface area contributed by atoms with Crippen LogP contribution in [-0.4, -0.2) is 12.7 Å². The van der Waals surface area contributed by atoms with Crippen LogP contribution in [0, 0.1) is 17.2 Å². The minimum absolute atomic E-state index is 0.265. The van der Waals surface area contributed by atoms with Crippen molar-refractivity contribution in [3.05, 3.63) is 0 Å². The van der Waals surface area contributed by atoms with Crippen molar-refractivity contribution in [3.63, 3.8) is 0 Å². The summed E-state index contributed by atoms with van der Waals surface area (Å²) in [5, 5.41) is 8.38. The fourth-order valence-corrected chi connectivity index (χ4v) is 2.00. The number of rotatable bonds is 3. The normalized spacial score (nSPS) is 29.7. The number of nitrogens with zero attached hydrogens (tertiary/aromatic N) is 1. The first-order chi connectivity index (χ1) is 5.88. The molecule has 12 heavy (non-hydrogen) atoms. The molecule has 1 fully saturated rings. The average molecular weight is 167 g/mol. The molecule has 0 N–H and O–H groups in total. The molecular weight excluding hydrogens is 150 g/mol. The van der Waals surface area contributed by atoms with Crippen LogP contribution in [0.3, 0.4) is 0 Å². The summed E-state index contributed by atoms with van der Waals surface area (Å²) < 4.78 is 5.47. The molecule has 2 nitrogen and oxygen atoms in total. The Labute approximate surface area is 74.5 Å². The van der Waals surface area contributed by atoms with Gasteiger partial charge < -0.3 is 4.74 Å². The molecule has 0 aromatic heterocycles. The third-order valence-corrected chi connectivity index (χ3v) is 2.73. The van der Waals surface area contributed by atoms with Gasteiger partial charge in [-0.1, -0.05) is 26.2 Å². The Morgan fingerprint density at radius 1 is 1.42 bits per heavy atom. The van der Waals surface area contributed by atoms with Gasteiger partial charge in [-0.25, -0.2) is 0 Å². The molecule has 0 bridgehead atoms. The van der Waals surface area contributed by atoms with Gasteiger partial charge in [-0.2, -0.15) is 5.26 Å². The average Bonchev–Trinajstić information content (AvgIpc) is 2.15. The third-order valence-electron chi connectivity index (χ3n) is 2.73. The molecule has 2 atom stereocenters. The van der Waals surface area contributed by atoms with E-state index in [4.69, 9.17) is 10.00 Å². The highest BCUT2D eigenvalue weighted by atomic mass is 16.5. The van der Waals surface area contributed by atoms with Crippen LogP contribution < -0.4 is 0 Å². The molecule has 1 aliphatic carbocycles. The zero-order chi connectivity index (χ0) is 8.81. The summed E-state index contributed by atoms with van der Waals surface area (Å²) in [5.74, 6) is 0.701. The molecule has 1 aliphatic rings. The molecule has 0 aliphatic heterocycles. The maximum Gasteiger partial charge on any atom is 0.134 e. The van der Waals surface area contributed by atoms with Crippen molar-refractivity contribution in [3.8, 4) is 6.07 Å². The van der Waals surface area contributed by atoms with Gasteiger partial charge in [0.25, 0.3) is 0 Å². The number of hydrogen-bond acceptors (Lipinski definition) is 2. The van der Waals surface area contributed by atoms with E-state index >= 15 is 0 Å². The van der Waals surface area contributed by atoms with Crippen molar-refractivity contribution in [2.75, 3.05) is 6.61 Å². The molecule has 0 heterocycles. The zero-order valence-electron chi connectivity index (χ0n) is 7.75. The van der Waals surface area contributed by atoms with Crippen molar-refractivity contribution < 1.29 is 4.74 Å². The topological polar surface area (TPSA) is 33.0 Å². The summed E-state index contributed by atoms with van der Waals surface area (Å²) in [7, 11) is 0. The van der Waals surface area contributed by atoms with Crippen LogP contribution in [-0.2, 0) is 4.74 Å². The predicted molar refractivity (Wildman–Crippen MR) is 47.6 cm³/mol. The SMILES string of the molecule is CCC1CCCCC1OCC#N. The second kappa shape index (κ2) is 5.16. The lowest BCUT2D eigenvalue weighted by molar-refractivity contribution is 0.00457. The van der Waals surface area contributed by atoms with Crippen LogP contribution in [0.5, 0.6) is 0 Å². The molecule has 2 heteroatoms. The molecule has 0 spiro atoms. The lowest BCUT2D eigenvalue weighted by Gasteiger charge is -2.29. The molecule has 0 saturated heterocycles. The highest BCUT2D eigenvalue weighted by Gasteiger charge is 2.23. The van der Waals surface area contributed by atoms with Crippen LogP contribution in [0.25, 0.3) is 0 Å². The molecule has 1 rings (SSSR count). The quantitative estimate of drug-likeness (QED) is 0.647. The van der Waals surface area contributed by atoms with Gasteiger partial charge in [0.2, 0.25) is 0 Å². The van der Waals surface area contributed by atoms with E-state index in [2.05, 4.69) is 6.92 Å². The van der Waals surface area contributed by atoms with E-state index in [0.29, 0.717) is 12.0 Å². The molecule has 0 aromatic carbocycles.